The van der Waals surface area contributed by atoms with Crippen LogP contribution in [0.15, 0.2) is 28.8 Å². The molecule has 1 atom stereocenters. The van der Waals surface area contributed by atoms with E-state index in [9.17, 15) is 0 Å². The zero-order valence-corrected chi connectivity index (χ0v) is 10.6. The Morgan fingerprint density at radius 3 is 3.11 bits per heavy atom. The Kier molecular flexibility index (Phi) is 3.19. The fraction of sp³-hybridized carbons (Fsp3) is 0.385. The van der Waals surface area contributed by atoms with E-state index < -0.39 is 0 Å². The standard InChI is InChI=1S/C13H13ClN2O2/c14-6-5-12-15-13(16-18-12)10-7-9-3-1-2-4-11(9)17-8-10/h1-4,10H,5-8H2. The number of rotatable bonds is 3. The lowest BCUT2D eigenvalue weighted by molar-refractivity contribution is 0.253. The summed E-state index contributed by atoms with van der Waals surface area (Å²) in [6, 6.07) is 8.05. The minimum atomic E-state index is 0.160. The highest BCUT2D eigenvalue weighted by Gasteiger charge is 2.25. The Bertz CT molecular complexity index is 541. The fourth-order valence-electron chi connectivity index (χ4n) is 2.11. The van der Waals surface area contributed by atoms with Gasteiger partial charge in [-0.1, -0.05) is 23.4 Å². The Morgan fingerprint density at radius 2 is 2.22 bits per heavy atom. The van der Waals surface area contributed by atoms with Crippen LogP contribution in [0.2, 0.25) is 0 Å². The summed E-state index contributed by atoms with van der Waals surface area (Å²) in [4.78, 5) is 4.35. The van der Waals surface area contributed by atoms with Crippen LogP contribution >= 0.6 is 11.6 Å². The molecule has 4 nitrogen and oxygen atoms in total. The van der Waals surface area contributed by atoms with E-state index >= 15 is 0 Å². The fourth-order valence-corrected chi connectivity index (χ4v) is 2.27. The largest absolute Gasteiger partial charge is 0.493 e. The lowest BCUT2D eigenvalue weighted by Gasteiger charge is -2.22. The Morgan fingerprint density at radius 1 is 1.33 bits per heavy atom. The maximum atomic E-state index is 5.71. The summed E-state index contributed by atoms with van der Waals surface area (Å²) in [7, 11) is 0. The van der Waals surface area contributed by atoms with Crippen molar-refractivity contribution in [1.29, 1.82) is 0 Å². The van der Waals surface area contributed by atoms with Crippen LogP contribution in [0.4, 0.5) is 0 Å². The maximum Gasteiger partial charge on any atom is 0.227 e. The smallest absolute Gasteiger partial charge is 0.227 e. The van der Waals surface area contributed by atoms with Crippen molar-refractivity contribution in [2.24, 2.45) is 0 Å². The van der Waals surface area contributed by atoms with E-state index in [0.29, 0.717) is 30.6 Å². The molecule has 0 N–H and O–H groups in total. The second kappa shape index (κ2) is 4.98. The number of hydrogen-bond donors (Lipinski definition) is 0. The molecule has 3 rings (SSSR count). The Labute approximate surface area is 110 Å². The second-order valence-corrected chi connectivity index (χ2v) is 4.68. The molecular formula is C13H13ClN2O2. The minimum absolute atomic E-state index is 0.160. The van der Waals surface area contributed by atoms with Crippen LogP contribution in [0.5, 0.6) is 5.75 Å². The van der Waals surface area contributed by atoms with E-state index in [2.05, 4.69) is 16.2 Å². The highest BCUT2D eigenvalue weighted by atomic mass is 35.5. The summed E-state index contributed by atoms with van der Waals surface area (Å²) in [6.45, 7) is 0.594. The molecule has 0 bridgehead atoms. The SMILES string of the molecule is ClCCc1nc(C2COc3ccccc3C2)no1. The van der Waals surface area contributed by atoms with Crippen molar-refractivity contribution >= 4 is 11.6 Å². The number of aryl methyl sites for hydroxylation is 1. The highest BCUT2D eigenvalue weighted by Crippen LogP contribution is 2.30. The van der Waals surface area contributed by atoms with Gasteiger partial charge in [0.15, 0.2) is 5.82 Å². The molecule has 0 aliphatic carbocycles. The monoisotopic (exact) mass is 264 g/mol. The van der Waals surface area contributed by atoms with Gasteiger partial charge in [0.25, 0.3) is 0 Å². The van der Waals surface area contributed by atoms with Gasteiger partial charge < -0.3 is 9.26 Å². The van der Waals surface area contributed by atoms with Crippen molar-refractivity contribution in [1.82, 2.24) is 10.1 Å². The molecule has 0 radical (unpaired) electrons. The number of para-hydroxylation sites is 1. The molecule has 1 aromatic heterocycles. The summed E-state index contributed by atoms with van der Waals surface area (Å²) < 4.78 is 10.9. The maximum absolute atomic E-state index is 5.71. The molecule has 0 saturated heterocycles. The zero-order valence-electron chi connectivity index (χ0n) is 9.80. The van der Waals surface area contributed by atoms with Crippen molar-refractivity contribution in [3.63, 3.8) is 0 Å². The summed E-state index contributed by atoms with van der Waals surface area (Å²) in [5.41, 5.74) is 1.19. The van der Waals surface area contributed by atoms with Gasteiger partial charge in [0, 0.05) is 12.3 Å². The van der Waals surface area contributed by atoms with Gasteiger partial charge in [0.05, 0.1) is 12.5 Å². The number of aromatic nitrogens is 2. The van der Waals surface area contributed by atoms with Crippen LogP contribution in [0.25, 0.3) is 0 Å². The van der Waals surface area contributed by atoms with Crippen LogP contribution in [-0.2, 0) is 12.8 Å². The van der Waals surface area contributed by atoms with E-state index in [-0.39, 0.29) is 5.92 Å². The number of fused-ring (bicyclic) bond motifs is 1. The first-order valence-electron chi connectivity index (χ1n) is 5.96. The van der Waals surface area contributed by atoms with Crippen molar-refractivity contribution in [3.8, 4) is 5.75 Å². The van der Waals surface area contributed by atoms with Gasteiger partial charge in [0.1, 0.15) is 5.75 Å². The Balaban J connectivity index is 1.78. The van der Waals surface area contributed by atoms with E-state index in [4.69, 9.17) is 20.9 Å². The average molecular weight is 265 g/mol. The van der Waals surface area contributed by atoms with E-state index in [0.717, 1.165) is 12.2 Å². The molecule has 0 amide bonds. The number of nitrogens with zero attached hydrogens (tertiary/aromatic N) is 2. The quantitative estimate of drug-likeness (QED) is 0.800. The van der Waals surface area contributed by atoms with Crippen molar-refractivity contribution < 1.29 is 9.26 Å². The normalized spacial score (nSPS) is 18.2. The summed E-state index contributed by atoms with van der Waals surface area (Å²) in [5.74, 6) is 2.92. The molecule has 0 saturated carbocycles. The van der Waals surface area contributed by atoms with Gasteiger partial charge in [-0.3, -0.25) is 0 Å². The number of ether oxygens (including phenoxy) is 1. The highest BCUT2D eigenvalue weighted by molar-refractivity contribution is 6.17. The van der Waals surface area contributed by atoms with Crippen molar-refractivity contribution in [3.05, 3.63) is 41.5 Å². The molecule has 0 spiro atoms. The van der Waals surface area contributed by atoms with Crippen LogP contribution < -0.4 is 4.74 Å². The van der Waals surface area contributed by atoms with Crippen LogP contribution in [-0.4, -0.2) is 22.6 Å². The molecule has 94 valence electrons. The number of halogens is 1. The first-order chi connectivity index (χ1) is 8.86. The first kappa shape index (κ1) is 11.5. The first-order valence-corrected chi connectivity index (χ1v) is 6.49. The molecule has 2 heterocycles. The minimum Gasteiger partial charge on any atom is -0.493 e. The molecule has 1 aliphatic heterocycles. The van der Waals surface area contributed by atoms with Crippen LogP contribution in [0, 0.1) is 0 Å². The van der Waals surface area contributed by atoms with E-state index in [1.165, 1.54) is 5.56 Å². The molecule has 1 unspecified atom stereocenters. The van der Waals surface area contributed by atoms with Gasteiger partial charge in [-0.25, -0.2) is 0 Å². The summed E-state index contributed by atoms with van der Waals surface area (Å²) >= 11 is 5.65. The third kappa shape index (κ3) is 2.20. The van der Waals surface area contributed by atoms with E-state index in [1.807, 2.05) is 18.2 Å². The van der Waals surface area contributed by atoms with Crippen LogP contribution in [0.1, 0.15) is 23.2 Å². The molecular weight excluding hydrogens is 252 g/mol. The number of benzene rings is 1. The van der Waals surface area contributed by atoms with Gasteiger partial charge >= 0.3 is 0 Å². The van der Waals surface area contributed by atoms with Crippen molar-refractivity contribution in [2.45, 2.75) is 18.8 Å². The third-order valence-corrected chi connectivity index (χ3v) is 3.23. The topological polar surface area (TPSA) is 48.2 Å². The zero-order chi connectivity index (χ0) is 12.4. The lowest BCUT2D eigenvalue weighted by atomic mass is 9.96. The molecule has 1 aromatic carbocycles. The molecule has 1 aliphatic rings. The van der Waals surface area contributed by atoms with Gasteiger partial charge in [-0.2, -0.15) is 4.98 Å². The average Bonchev–Trinajstić information content (AvgIpc) is 2.87. The molecule has 2 aromatic rings. The second-order valence-electron chi connectivity index (χ2n) is 4.31. The number of alkyl halides is 1. The summed E-state index contributed by atoms with van der Waals surface area (Å²) in [5, 5.41) is 4.01. The molecule has 5 heteroatoms. The van der Waals surface area contributed by atoms with Crippen molar-refractivity contribution in [2.75, 3.05) is 12.5 Å². The van der Waals surface area contributed by atoms with Gasteiger partial charge in [-0.15, -0.1) is 11.6 Å². The van der Waals surface area contributed by atoms with Gasteiger partial charge in [-0.05, 0) is 18.1 Å². The van der Waals surface area contributed by atoms with E-state index in [1.54, 1.807) is 0 Å². The number of hydrogen-bond acceptors (Lipinski definition) is 4. The molecule has 0 fully saturated rings. The van der Waals surface area contributed by atoms with Gasteiger partial charge in [0.2, 0.25) is 5.89 Å². The predicted octanol–water partition coefficient (Wildman–Crippen LogP) is 2.57. The summed E-state index contributed by atoms with van der Waals surface area (Å²) in [6.07, 6.45) is 1.49. The Hall–Kier alpha value is -1.55. The molecule has 18 heavy (non-hydrogen) atoms. The lowest BCUT2D eigenvalue weighted by Crippen LogP contribution is -2.20. The predicted molar refractivity (Wildman–Crippen MR) is 67.1 cm³/mol. The van der Waals surface area contributed by atoms with Crippen LogP contribution in [0.3, 0.4) is 0 Å². The third-order valence-electron chi connectivity index (χ3n) is 3.04.